The third-order valence-electron chi connectivity index (χ3n) is 5.46. The van der Waals surface area contributed by atoms with E-state index in [1.807, 2.05) is 12.1 Å². The van der Waals surface area contributed by atoms with Crippen LogP contribution in [0.1, 0.15) is 97.4 Å². The van der Waals surface area contributed by atoms with Crippen LogP contribution in [0.2, 0.25) is 0 Å². The van der Waals surface area contributed by atoms with Crippen molar-refractivity contribution in [1.82, 2.24) is 0 Å². The van der Waals surface area contributed by atoms with Crippen molar-refractivity contribution in [2.24, 2.45) is 11.5 Å². The zero-order chi connectivity index (χ0) is 20.4. The molecular formula is C24H34N2O2. The number of carbonyl (C=O) groups is 2. The molecule has 0 aromatic heterocycles. The van der Waals surface area contributed by atoms with Crippen LogP contribution in [0.4, 0.5) is 0 Å². The van der Waals surface area contributed by atoms with Crippen LogP contribution in [0.15, 0.2) is 30.3 Å². The van der Waals surface area contributed by atoms with Crippen molar-refractivity contribution in [2.75, 3.05) is 0 Å². The molecule has 0 aliphatic heterocycles. The van der Waals surface area contributed by atoms with Crippen molar-refractivity contribution >= 4 is 22.6 Å². The quantitative estimate of drug-likeness (QED) is 0.448. The Morgan fingerprint density at radius 1 is 0.750 bits per heavy atom. The van der Waals surface area contributed by atoms with Crippen molar-refractivity contribution in [1.29, 1.82) is 0 Å². The number of amides is 2. The third kappa shape index (κ3) is 6.36. The minimum absolute atomic E-state index is 0.400. The minimum atomic E-state index is -0.447. The summed E-state index contributed by atoms with van der Waals surface area (Å²) < 4.78 is 0. The van der Waals surface area contributed by atoms with Crippen LogP contribution in [0.3, 0.4) is 0 Å². The summed E-state index contributed by atoms with van der Waals surface area (Å²) >= 11 is 0. The van der Waals surface area contributed by atoms with Crippen LogP contribution in [0.5, 0.6) is 0 Å². The summed E-state index contributed by atoms with van der Waals surface area (Å²) in [6.45, 7) is 2.25. The minimum Gasteiger partial charge on any atom is -0.366 e. The molecule has 2 aromatic carbocycles. The molecule has 4 nitrogen and oxygen atoms in total. The van der Waals surface area contributed by atoms with Gasteiger partial charge in [0.1, 0.15) is 0 Å². The van der Waals surface area contributed by atoms with Gasteiger partial charge < -0.3 is 11.5 Å². The fourth-order valence-electron chi connectivity index (χ4n) is 3.84. The summed E-state index contributed by atoms with van der Waals surface area (Å²) in [5, 5.41) is 1.90. The maximum Gasteiger partial charge on any atom is 0.248 e. The Morgan fingerprint density at radius 2 is 1.36 bits per heavy atom. The molecule has 0 atom stereocenters. The second-order valence-electron chi connectivity index (χ2n) is 7.69. The number of carbonyl (C=O) groups excluding carboxylic acids is 2. The standard InChI is InChI=1S/C24H34N2O2/c1-2-3-4-5-6-7-8-9-10-11-12-21-20-15-14-19(23(25)27)17-18(20)13-16-22(21)24(26)28/h13-17H,2-12H2,1H3,(H2,25,27)(H2,26,28). The Kier molecular flexibility index (Phi) is 8.99. The SMILES string of the molecule is CCCCCCCCCCCCc1c(C(N)=O)ccc2cc(C(N)=O)ccc12. The van der Waals surface area contributed by atoms with Crippen LogP contribution < -0.4 is 11.5 Å². The molecule has 0 aliphatic rings. The van der Waals surface area contributed by atoms with E-state index in [0.717, 1.165) is 35.6 Å². The summed E-state index contributed by atoms with van der Waals surface area (Å²) in [6, 6.07) is 8.99. The number of primary amides is 2. The fraction of sp³-hybridized carbons (Fsp3) is 0.500. The molecule has 4 heteroatoms. The van der Waals surface area contributed by atoms with Gasteiger partial charge in [-0.15, -0.1) is 0 Å². The second-order valence-corrected chi connectivity index (χ2v) is 7.69. The largest absolute Gasteiger partial charge is 0.366 e. The number of rotatable bonds is 13. The molecule has 4 N–H and O–H groups in total. The molecule has 0 aliphatic carbocycles. The van der Waals surface area contributed by atoms with Crippen molar-refractivity contribution in [3.05, 3.63) is 47.0 Å². The summed E-state index contributed by atoms with van der Waals surface area (Å²) in [5.41, 5.74) is 13.0. The van der Waals surface area contributed by atoms with E-state index >= 15 is 0 Å². The van der Waals surface area contributed by atoms with Crippen LogP contribution in [-0.2, 0) is 6.42 Å². The van der Waals surface area contributed by atoms with E-state index in [1.54, 1.807) is 18.2 Å². The first-order valence-corrected chi connectivity index (χ1v) is 10.7. The van der Waals surface area contributed by atoms with E-state index in [0.29, 0.717) is 11.1 Å². The van der Waals surface area contributed by atoms with Gasteiger partial charge in [0, 0.05) is 11.1 Å². The van der Waals surface area contributed by atoms with Gasteiger partial charge >= 0.3 is 0 Å². The van der Waals surface area contributed by atoms with Crippen LogP contribution in [0, 0.1) is 0 Å². The number of unbranched alkanes of at least 4 members (excludes halogenated alkanes) is 9. The molecule has 0 heterocycles. The van der Waals surface area contributed by atoms with Crippen molar-refractivity contribution in [3.8, 4) is 0 Å². The summed E-state index contributed by atoms with van der Waals surface area (Å²) in [5.74, 6) is -0.847. The van der Waals surface area contributed by atoms with Gasteiger partial charge in [-0.25, -0.2) is 0 Å². The molecule has 0 saturated carbocycles. The van der Waals surface area contributed by atoms with Crippen LogP contribution in [0.25, 0.3) is 10.8 Å². The van der Waals surface area contributed by atoms with Gasteiger partial charge in [0.15, 0.2) is 0 Å². The molecule has 2 amide bonds. The van der Waals surface area contributed by atoms with Gasteiger partial charge in [-0.3, -0.25) is 9.59 Å². The van der Waals surface area contributed by atoms with Gasteiger partial charge in [0.2, 0.25) is 11.8 Å². The van der Waals surface area contributed by atoms with Crippen molar-refractivity contribution in [3.63, 3.8) is 0 Å². The average molecular weight is 383 g/mol. The van der Waals surface area contributed by atoms with E-state index < -0.39 is 11.8 Å². The molecule has 0 spiro atoms. The van der Waals surface area contributed by atoms with Crippen molar-refractivity contribution in [2.45, 2.75) is 77.6 Å². The maximum absolute atomic E-state index is 11.9. The second kappa shape index (κ2) is 11.5. The number of hydrogen-bond donors (Lipinski definition) is 2. The highest BCUT2D eigenvalue weighted by Gasteiger charge is 2.13. The predicted molar refractivity (Wildman–Crippen MR) is 117 cm³/mol. The molecule has 2 rings (SSSR count). The zero-order valence-corrected chi connectivity index (χ0v) is 17.1. The molecule has 0 radical (unpaired) electrons. The fourth-order valence-corrected chi connectivity index (χ4v) is 3.84. The average Bonchev–Trinajstić information content (AvgIpc) is 2.68. The molecule has 28 heavy (non-hydrogen) atoms. The zero-order valence-electron chi connectivity index (χ0n) is 17.1. The Labute approximate surface area is 168 Å². The van der Waals surface area contributed by atoms with Crippen molar-refractivity contribution < 1.29 is 9.59 Å². The number of nitrogens with two attached hydrogens (primary N) is 2. The first kappa shape index (κ1) is 21.9. The topological polar surface area (TPSA) is 86.2 Å². The van der Waals surface area contributed by atoms with Gasteiger partial charge in [-0.2, -0.15) is 0 Å². The molecule has 2 aromatic rings. The Balaban J connectivity index is 1.92. The lowest BCUT2D eigenvalue weighted by Gasteiger charge is -2.12. The molecule has 0 saturated heterocycles. The monoisotopic (exact) mass is 382 g/mol. The van der Waals surface area contributed by atoms with Gasteiger partial charge in [0.05, 0.1) is 0 Å². The smallest absolute Gasteiger partial charge is 0.248 e. The van der Waals surface area contributed by atoms with Crippen LogP contribution >= 0.6 is 0 Å². The number of fused-ring (bicyclic) bond motifs is 1. The molecule has 0 bridgehead atoms. The normalized spacial score (nSPS) is 11.0. The van der Waals surface area contributed by atoms with E-state index in [4.69, 9.17) is 11.5 Å². The lowest BCUT2D eigenvalue weighted by atomic mass is 9.93. The van der Waals surface area contributed by atoms with E-state index in [1.165, 1.54) is 51.4 Å². The summed E-state index contributed by atoms with van der Waals surface area (Å²) in [7, 11) is 0. The molecule has 152 valence electrons. The predicted octanol–water partition coefficient (Wildman–Crippen LogP) is 5.50. The van der Waals surface area contributed by atoms with E-state index in [2.05, 4.69) is 6.92 Å². The highest BCUT2D eigenvalue weighted by atomic mass is 16.1. The number of aryl methyl sites for hydroxylation is 1. The first-order valence-electron chi connectivity index (χ1n) is 10.7. The van der Waals surface area contributed by atoms with Gasteiger partial charge in [0.25, 0.3) is 0 Å². The third-order valence-corrected chi connectivity index (χ3v) is 5.46. The van der Waals surface area contributed by atoms with E-state index in [-0.39, 0.29) is 0 Å². The number of benzene rings is 2. The first-order chi connectivity index (χ1) is 13.5. The Hall–Kier alpha value is -2.36. The molecule has 0 unspecified atom stereocenters. The maximum atomic E-state index is 11.9. The summed E-state index contributed by atoms with van der Waals surface area (Å²) in [6.07, 6.45) is 13.6. The van der Waals surface area contributed by atoms with Gasteiger partial charge in [-0.05, 0) is 47.4 Å². The number of hydrogen-bond acceptors (Lipinski definition) is 2. The van der Waals surface area contributed by atoms with Gasteiger partial charge in [-0.1, -0.05) is 76.8 Å². The Morgan fingerprint density at radius 3 is 1.93 bits per heavy atom. The highest BCUT2D eigenvalue weighted by molar-refractivity contribution is 6.03. The highest BCUT2D eigenvalue weighted by Crippen LogP contribution is 2.26. The van der Waals surface area contributed by atoms with Crippen LogP contribution in [-0.4, -0.2) is 11.8 Å². The lowest BCUT2D eigenvalue weighted by Crippen LogP contribution is -2.14. The molecule has 0 fully saturated rings. The lowest BCUT2D eigenvalue weighted by molar-refractivity contribution is 0.0991. The Bertz CT molecular complexity index is 799. The van der Waals surface area contributed by atoms with E-state index in [9.17, 15) is 9.59 Å². The summed E-state index contributed by atoms with van der Waals surface area (Å²) in [4.78, 5) is 23.3. The molecular weight excluding hydrogens is 348 g/mol.